The van der Waals surface area contributed by atoms with Crippen molar-refractivity contribution < 1.29 is 9.53 Å². The number of nitrogens with zero attached hydrogens (tertiary/aromatic N) is 1. The lowest BCUT2D eigenvalue weighted by atomic mass is 10.0. The monoisotopic (exact) mass is 301 g/mol. The molecule has 2 N–H and O–H groups in total. The van der Waals surface area contributed by atoms with Gasteiger partial charge in [0.1, 0.15) is 12.3 Å². The molecule has 1 amide bonds. The number of amides is 1. The summed E-state index contributed by atoms with van der Waals surface area (Å²) in [7, 11) is 1.51. The van der Waals surface area contributed by atoms with Gasteiger partial charge in [0.15, 0.2) is 0 Å². The molecule has 0 aliphatic rings. The topological polar surface area (TPSA) is 67.0 Å². The zero-order valence-corrected chi connectivity index (χ0v) is 13.6. The Kier molecular flexibility index (Phi) is 5.33. The second-order valence-electron chi connectivity index (χ2n) is 5.48. The first kappa shape index (κ1) is 16.2. The van der Waals surface area contributed by atoms with Crippen LogP contribution in [-0.4, -0.2) is 29.8 Å². The molecule has 22 heavy (non-hydrogen) atoms. The number of carbonyl (C=O) groups is 1. The average molecular weight is 301 g/mol. The summed E-state index contributed by atoms with van der Waals surface area (Å²) in [4.78, 5) is 11.9. The van der Waals surface area contributed by atoms with Gasteiger partial charge in [-0.15, -0.1) is 0 Å². The summed E-state index contributed by atoms with van der Waals surface area (Å²) in [5.74, 6) is -0.174. The first-order valence-electron chi connectivity index (χ1n) is 7.50. The maximum absolute atomic E-state index is 11.9. The van der Waals surface area contributed by atoms with Gasteiger partial charge in [-0.2, -0.15) is 5.10 Å². The van der Waals surface area contributed by atoms with E-state index in [1.54, 1.807) is 0 Å². The maximum atomic E-state index is 11.9. The van der Waals surface area contributed by atoms with Crippen molar-refractivity contribution in [1.29, 1.82) is 0 Å². The lowest BCUT2D eigenvalue weighted by molar-refractivity contribution is -0.119. The lowest BCUT2D eigenvalue weighted by Crippen LogP contribution is -2.18. The molecule has 1 aromatic carbocycles. The molecular formula is C17H23N3O2. The van der Waals surface area contributed by atoms with E-state index in [9.17, 15) is 4.79 Å². The van der Waals surface area contributed by atoms with Gasteiger partial charge in [0.25, 0.3) is 0 Å². The van der Waals surface area contributed by atoms with Crippen molar-refractivity contribution in [3.05, 3.63) is 35.0 Å². The van der Waals surface area contributed by atoms with Crippen LogP contribution in [0.2, 0.25) is 0 Å². The molecule has 1 aromatic heterocycles. The number of aryl methyl sites for hydroxylation is 3. The lowest BCUT2D eigenvalue weighted by Gasteiger charge is -2.10. The van der Waals surface area contributed by atoms with Crippen LogP contribution in [-0.2, 0) is 16.0 Å². The van der Waals surface area contributed by atoms with E-state index in [1.807, 2.05) is 6.07 Å². The van der Waals surface area contributed by atoms with Crippen molar-refractivity contribution in [2.75, 3.05) is 19.0 Å². The third-order valence-electron chi connectivity index (χ3n) is 3.52. The van der Waals surface area contributed by atoms with Gasteiger partial charge in [0.2, 0.25) is 5.91 Å². The zero-order valence-electron chi connectivity index (χ0n) is 13.6. The Morgan fingerprint density at radius 2 is 2.14 bits per heavy atom. The van der Waals surface area contributed by atoms with Gasteiger partial charge in [-0.25, -0.2) is 0 Å². The molecule has 0 aliphatic heterocycles. The Labute approximate surface area is 131 Å². The van der Waals surface area contributed by atoms with Crippen LogP contribution in [0.1, 0.15) is 30.2 Å². The van der Waals surface area contributed by atoms with Crippen LogP contribution in [0.15, 0.2) is 18.2 Å². The molecule has 0 saturated heterocycles. The molecule has 5 heteroatoms. The van der Waals surface area contributed by atoms with Gasteiger partial charge in [-0.05, 0) is 25.8 Å². The SMILES string of the molecule is CCCc1[nH]nc(-c2ccc(C)cc2C)c1NC(=O)COC. The van der Waals surface area contributed by atoms with Gasteiger partial charge in [0, 0.05) is 12.7 Å². The number of ether oxygens (including phenoxy) is 1. The Balaban J connectivity index is 2.44. The van der Waals surface area contributed by atoms with E-state index in [1.165, 1.54) is 12.7 Å². The highest BCUT2D eigenvalue weighted by atomic mass is 16.5. The number of hydrogen-bond acceptors (Lipinski definition) is 3. The van der Waals surface area contributed by atoms with E-state index >= 15 is 0 Å². The molecular weight excluding hydrogens is 278 g/mol. The normalized spacial score (nSPS) is 10.7. The first-order valence-corrected chi connectivity index (χ1v) is 7.50. The van der Waals surface area contributed by atoms with Gasteiger partial charge in [-0.3, -0.25) is 9.89 Å². The average Bonchev–Trinajstić information content (AvgIpc) is 2.83. The number of benzene rings is 1. The molecule has 1 heterocycles. The number of anilines is 1. The number of H-pyrrole nitrogens is 1. The fourth-order valence-corrected chi connectivity index (χ4v) is 2.52. The van der Waals surface area contributed by atoms with Gasteiger partial charge in [-0.1, -0.05) is 37.1 Å². The molecule has 5 nitrogen and oxygen atoms in total. The Morgan fingerprint density at radius 3 is 2.77 bits per heavy atom. The van der Waals surface area contributed by atoms with Crippen molar-refractivity contribution in [2.45, 2.75) is 33.6 Å². The fourth-order valence-electron chi connectivity index (χ4n) is 2.52. The van der Waals surface area contributed by atoms with E-state index < -0.39 is 0 Å². The Morgan fingerprint density at radius 1 is 1.36 bits per heavy atom. The summed E-state index contributed by atoms with van der Waals surface area (Å²) in [6.45, 7) is 6.24. The first-order chi connectivity index (χ1) is 10.6. The van der Waals surface area contributed by atoms with Crippen LogP contribution in [0.5, 0.6) is 0 Å². The van der Waals surface area contributed by atoms with Crippen LogP contribution in [0.4, 0.5) is 5.69 Å². The minimum absolute atomic E-state index is 0.0308. The van der Waals surface area contributed by atoms with E-state index in [4.69, 9.17) is 4.74 Å². The highest BCUT2D eigenvalue weighted by molar-refractivity contribution is 5.96. The van der Waals surface area contributed by atoms with Crippen molar-refractivity contribution in [2.24, 2.45) is 0 Å². The summed E-state index contributed by atoms with van der Waals surface area (Å²) in [5, 5.41) is 10.4. The molecule has 0 spiro atoms. The van der Waals surface area contributed by atoms with Crippen LogP contribution in [0.3, 0.4) is 0 Å². The predicted molar refractivity (Wildman–Crippen MR) is 88.0 cm³/mol. The molecule has 0 saturated carbocycles. The van der Waals surface area contributed by atoms with Crippen molar-refractivity contribution in [1.82, 2.24) is 10.2 Å². The third-order valence-corrected chi connectivity index (χ3v) is 3.52. The number of carbonyl (C=O) groups excluding carboxylic acids is 1. The van der Waals surface area contributed by atoms with Gasteiger partial charge in [0.05, 0.1) is 11.4 Å². The molecule has 0 bridgehead atoms. The molecule has 0 fully saturated rings. The van der Waals surface area contributed by atoms with E-state index in [0.29, 0.717) is 0 Å². The van der Waals surface area contributed by atoms with Gasteiger partial charge < -0.3 is 10.1 Å². The predicted octanol–water partition coefficient (Wildman–Crippen LogP) is 3.23. The molecule has 0 radical (unpaired) electrons. The second-order valence-corrected chi connectivity index (χ2v) is 5.48. The Bertz CT molecular complexity index is 662. The third kappa shape index (κ3) is 3.54. The summed E-state index contributed by atoms with van der Waals surface area (Å²) in [5.41, 5.74) is 5.85. The number of nitrogens with one attached hydrogen (secondary N) is 2. The minimum Gasteiger partial charge on any atom is -0.375 e. The summed E-state index contributed by atoms with van der Waals surface area (Å²) < 4.78 is 4.89. The highest BCUT2D eigenvalue weighted by Gasteiger charge is 2.18. The summed E-state index contributed by atoms with van der Waals surface area (Å²) in [6.07, 6.45) is 1.81. The van der Waals surface area contributed by atoms with Crippen molar-refractivity contribution in [3.63, 3.8) is 0 Å². The van der Waals surface area contributed by atoms with Crippen LogP contribution >= 0.6 is 0 Å². The summed E-state index contributed by atoms with van der Waals surface area (Å²) >= 11 is 0. The molecule has 2 aromatic rings. The second kappa shape index (κ2) is 7.22. The van der Waals surface area contributed by atoms with Crippen LogP contribution in [0, 0.1) is 13.8 Å². The maximum Gasteiger partial charge on any atom is 0.250 e. The Hall–Kier alpha value is -2.14. The largest absolute Gasteiger partial charge is 0.375 e. The van der Waals surface area contributed by atoms with Crippen molar-refractivity contribution in [3.8, 4) is 11.3 Å². The van der Waals surface area contributed by atoms with E-state index in [-0.39, 0.29) is 12.5 Å². The number of hydrogen-bond donors (Lipinski definition) is 2. The summed E-state index contributed by atoms with van der Waals surface area (Å²) in [6, 6.07) is 6.21. The number of methoxy groups -OCH3 is 1. The molecule has 0 aliphatic carbocycles. The molecule has 118 valence electrons. The van der Waals surface area contributed by atoms with Gasteiger partial charge >= 0.3 is 0 Å². The minimum atomic E-state index is -0.174. The fraction of sp³-hybridized carbons (Fsp3) is 0.412. The number of aromatic nitrogens is 2. The molecule has 0 atom stereocenters. The molecule has 2 rings (SSSR count). The quantitative estimate of drug-likeness (QED) is 0.860. The van der Waals surface area contributed by atoms with Crippen LogP contribution < -0.4 is 5.32 Å². The van der Waals surface area contributed by atoms with Crippen molar-refractivity contribution >= 4 is 11.6 Å². The standard InChI is InChI=1S/C17H23N3O2/c1-5-6-14-17(18-15(21)10-22-4)16(20-19-14)13-8-7-11(2)9-12(13)3/h7-9H,5-6,10H2,1-4H3,(H,18,21)(H,19,20). The number of rotatable bonds is 6. The molecule has 0 unspecified atom stereocenters. The highest BCUT2D eigenvalue weighted by Crippen LogP contribution is 2.32. The van der Waals surface area contributed by atoms with E-state index in [0.717, 1.165) is 41.0 Å². The van der Waals surface area contributed by atoms with E-state index in [2.05, 4.69) is 48.4 Å². The zero-order chi connectivity index (χ0) is 16.1. The number of aromatic amines is 1. The smallest absolute Gasteiger partial charge is 0.250 e. The van der Waals surface area contributed by atoms with Crippen LogP contribution in [0.25, 0.3) is 11.3 Å².